The first-order chi connectivity index (χ1) is 12.1. The summed E-state index contributed by atoms with van der Waals surface area (Å²) < 4.78 is 20.6. The van der Waals surface area contributed by atoms with Crippen LogP contribution in [0.3, 0.4) is 0 Å². The van der Waals surface area contributed by atoms with Crippen molar-refractivity contribution in [3.8, 4) is 5.69 Å². The number of anilines is 1. The molecule has 0 amide bonds. The molecule has 5 nitrogen and oxygen atoms in total. The van der Waals surface area contributed by atoms with Gasteiger partial charge >= 0.3 is 0 Å². The second kappa shape index (κ2) is 6.05. The molecular weight excluding hydrogens is 319 g/mol. The minimum absolute atomic E-state index is 0.0396. The van der Waals surface area contributed by atoms with Crippen molar-refractivity contribution in [1.29, 1.82) is 0 Å². The van der Waals surface area contributed by atoms with E-state index >= 15 is 0 Å². The van der Waals surface area contributed by atoms with Crippen LogP contribution in [-0.2, 0) is 0 Å². The number of benzene rings is 2. The maximum atomic E-state index is 13.1. The summed E-state index contributed by atoms with van der Waals surface area (Å²) in [5, 5.41) is 7.70. The summed E-state index contributed by atoms with van der Waals surface area (Å²) in [4.78, 5) is 4.44. The molecule has 2 aromatic carbocycles. The highest BCUT2D eigenvalue weighted by molar-refractivity contribution is 5.74. The van der Waals surface area contributed by atoms with Crippen LogP contribution in [-0.4, -0.2) is 14.8 Å². The van der Waals surface area contributed by atoms with Crippen LogP contribution in [0.5, 0.6) is 0 Å². The van der Waals surface area contributed by atoms with E-state index < -0.39 is 0 Å². The molecule has 2 aromatic heterocycles. The number of nitrogens with one attached hydrogen (secondary N) is 1. The topological polar surface area (TPSA) is 55.9 Å². The van der Waals surface area contributed by atoms with Gasteiger partial charge in [-0.3, -0.25) is 0 Å². The molecule has 2 heterocycles. The molecule has 0 radical (unpaired) electrons. The lowest BCUT2D eigenvalue weighted by molar-refractivity contribution is 0.603. The minimum Gasteiger partial charge on any atom is -0.424 e. The van der Waals surface area contributed by atoms with E-state index in [2.05, 4.69) is 15.4 Å². The lowest BCUT2D eigenvalue weighted by Gasteiger charge is -2.12. The van der Waals surface area contributed by atoms with Crippen LogP contribution in [0, 0.1) is 12.7 Å². The third-order valence-corrected chi connectivity index (χ3v) is 4.22. The maximum absolute atomic E-state index is 13.1. The summed E-state index contributed by atoms with van der Waals surface area (Å²) >= 11 is 0. The van der Waals surface area contributed by atoms with Crippen LogP contribution in [0.1, 0.15) is 24.2 Å². The first-order valence-electron chi connectivity index (χ1n) is 8.04. The lowest BCUT2D eigenvalue weighted by Crippen LogP contribution is -2.08. The van der Waals surface area contributed by atoms with Crippen LogP contribution in [0.15, 0.2) is 59.1 Å². The van der Waals surface area contributed by atoms with Crippen molar-refractivity contribution < 1.29 is 8.81 Å². The number of nitrogens with zero attached hydrogens (tertiary/aromatic N) is 3. The number of oxazole rings is 1. The van der Waals surface area contributed by atoms with Gasteiger partial charge in [-0.1, -0.05) is 12.1 Å². The summed E-state index contributed by atoms with van der Waals surface area (Å²) in [6.07, 6.45) is 1.80. The van der Waals surface area contributed by atoms with Crippen LogP contribution < -0.4 is 5.32 Å². The van der Waals surface area contributed by atoms with Crippen molar-refractivity contribution in [1.82, 2.24) is 14.8 Å². The molecule has 25 heavy (non-hydrogen) atoms. The number of hydrogen-bond acceptors (Lipinski definition) is 4. The number of rotatable bonds is 4. The zero-order valence-corrected chi connectivity index (χ0v) is 13.9. The van der Waals surface area contributed by atoms with Gasteiger partial charge in [0.2, 0.25) is 0 Å². The first kappa shape index (κ1) is 15.4. The van der Waals surface area contributed by atoms with Crippen LogP contribution in [0.2, 0.25) is 0 Å². The highest BCUT2D eigenvalue weighted by Gasteiger charge is 2.16. The average Bonchev–Trinajstić information content (AvgIpc) is 3.18. The van der Waals surface area contributed by atoms with Gasteiger partial charge in [-0.2, -0.15) is 10.1 Å². The predicted octanol–water partition coefficient (Wildman–Crippen LogP) is 4.63. The molecule has 0 fully saturated rings. The second-order valence-corrected chi connectivity index (χ2v) is 5.93. The Morgan fingerprint density at radius 3 is 2.64 bits per heavy atom. The zero-order valence-electron chi connectivity index (χ0n) is 13.9. The second-order valence-electron chi connectivity index (χ2n) is 5.93. The Hall–Kier alpha value is -3.15. The quantitative estimate of drug-likeness (QED) is 0.590. The van der Waals surface area contributed by atoms with Gasteiger partial charge in [0, 0.05) is 11.3 Å². The fourth-order valence-electron chi connectivity index (χ4n) is 2.89. The SMILES string of the molecule is Cc1c([C@@H](C)Nc2nc3ccccc3o2)cnn1-c1ccc(F)cc1. The number of para-hydroxylation sites is 2. The monoisotopic (exact) mass is 336 g/mol. The Balaban J connectivity index is 1.60. The fraction of sp³-hybridized carbons (Fsp3) is 0.158. The van der Waals surface area contributed by atoms with Gasteiger partial charge in [-0.25, -0.2) is 9.07 Å². The molecule has 0 aliphatic heterocycles. The summed E-state index contributed by atoms with van der Waals surface area (Å²) in [5.41, 5.74) is 4.38. The smallest absolute Gasteiger partial charge is 0.296 e. The van der Waals surface area contributed by atoms with Crippen LogP contribution in [0.4, 0.5) is 10.4 Å². The third-order valence-electron chi connectivity index (χ3n) is 4.22. The standard InChI is InChI=1S/C19H17FN4O/c1-12(22-19-23-17-5-3-4-6-18(17)25-19)16-11-21-24(13(16)2)15-9-7-14(20)8-10-15/h3-12H,1-2H3,(H,22,23)/t12-/m1/s1. The highest BCUT2D eigenvalue weighted by Crippen LogP contribution is 2.25. The van der Waals surface area contributed by atoms with Crippen LogP contribution >= 0.6 is 0 Å². The van der Waals surface area contributed by atoms with E-state index in [1.807, 2.05) is 38.1 Å². The van der Waals surface area contributed by atoms with E-state index in [1.165, 1.54) is 12.1 Å². The normalized spacial score (nSPS) is 12.4. The van der Waals surface area contributed by atoms with Gasteiger partial charge in [0.05, 0.1) is 17.9 Å². The van der Waals surface area contributed by atoms with Crippen molar-refractivity contribution in [2.24, 2.45) is 0 Å². The Kier molecular flexibility index (Phi) is 3.72. The molecule has 0 bridgehead atoms. The Labute approximate surface area is 144 Å². The zero-order chi connectivity index (χ0) is 17.4. The Morgan fingerprint density at radius 2 is 1.88 bits per heavy atom. The molecule has 6 heteroatoms. The fourth-order valence-corrected chi connectivity index (χ4v) is 2.89. The molecule has 0 saturated carbocycles. The maximum Gasteiger partial charge on any atom is 0.296 e. The minimum atomic E-state index is -0.264. The number of hydrogen-bond donors (Lipinski definition) is 1. The third kappa shape index (κ3) is 2.87. The van der Waals surface area contributed by atoms with Gasteiger partial charge in [0.1, 0.15) is 11.3 Å². The molecule has 0 spiro atoms. The van der Waals surface area contributed by atoms with Crippen molar-refractivity contribution in [2.45, 2.75) is 19.9 Å². The van der Waals surface area contributed by atoms with Crippen LogP contribution in [0.25, 0.3) is 16.8 Å². The van der Waals surface area contributed by atoms with E-state index in [0.29, 0.717) is 6.01 Å². The number of aromatic nitrogens is 3. The molecule has 1 N–H and O–H groups in total. The van der Waals surface area contributed by atoms with Gasteiger partial charge in [0.15, 0.2) is 5.58 Å². The van der Waals surface area contributed by atoms with Crippen molar-refractivity contribution in [3.63, 3.8) is 0 Å². The van der Waals surface area contributed by atoms with E-state index in [4.69, 9.17) is 4.42 Å². The largest absolute Gasteiger partial charge is 0.424 e. The molecule has 4 aromatic rings. The highest BCUT2D eigenvalue weighted by atomic mass is 19.1. The van der Waals surface area contributed by atoms with Crippen molar-refractivity contribution in [2.75, 3.05) is 5.32 Å². The molecule has 0 aliphatic carbocycles. The molecular formula is C19H17FN4O. The van der Waals surface area contributed by atoms with E-state index in [1.54, 1.807) is 23.0 Å². The van der Waals surface area contributed by atoms with Gasteiger partial charge in [0.25, 0.3) is 6.01 Å². The summed E-state index contributed by atoms with van der Waals surface area (Å²) in [6, 6.07) is 14.3. The predicted molar refractivity (Wildman–Crippen MR) is 94.3 cm³/mol. The number of halogens is 1. The van der Waals surface area contributed by atoms with Crippen molar-refractivity contribution in [3.05, 3.63) is 71.8 Å². The summed E-state index contributed by atoms with van der Waals surface area (Å²) in [7, 11) is 0. The van der Waals surface area contributed by atoms with Gasteiger partial charge in [-0.15, -0.1) is 0 Å². The average molecular weight is 336 g/mol. The molecule has 126 valence electrons. The molecule has 0 unspecified atom stereocenters. The Morgan fingerprint density at radius 1 is 1.12 bits per heavy atom. The van der Waals surface area contributed by atoms with E-state index in [9.17, 15) is 4.39 Å². The molecule has 0 saturated heterocycles. The Bertz CT molecular complexity index is 987. The molecule has 4 rings (SSSR count). The lowest BCUT2D eigenvalue weighted by atomic mass is 10.1. The van der Waals surface area contributed by atoms with E-state index in [0.717, 1.165) is 28.0 Å². The summed E-state index contributed by atoms with van der Waals surface area (Å²) in [5.74, 6) is -0.264. The van der Waals surface area contributed by atoms with E-state index in [-0.39, 0.29) is 11.9 Å². The number of fused-ring (bicyclic) bond motifs is 1. The molecule has 1 atom stereocenters. The summed E-state index contributed by atoms with van der Waals surface area (Å²) in [6.45, 7) is 4.00. The van der Waals surface area contributed by atoms with Gasteiger partial charge < -0.3 is 9.73 Å². The van der Waals surface area contributed by atoms with Crippen molar-refractivity contribution >= 4 is 17.1 Å². The first-order valence-corrected chi connectivity index (χ1v) is 8.04. The molecule has 0 aliphatic rings. The van der Waals surface area contributed by atoms with Gasteiger partial charge in [-0.05, 0) is 50.2 Å².